The molecular formula is C32H40N6O4. The second-order valence-electron chi connectivity index (χ2n) is 11.7. The van der Waals surface area contributed by atoms with E-state index in [1.807, 2.05) is 45.6 Å². The van der Waals surface area contributed by atoms with Gasteiger partial charge in [0.25, 0.3) is 5.91 Å². The van der Waals surface area contributed by atoms with E-state index in [0.717, 1.165) is 24.2 Å². The van der Waals surface area contributed by atoms with Crippen LogP contribution in [0.15, 0.2) is 36.5 Å². The van der Waals surface area contributed by atoms with Crippen molar-refractivity contribution in [3.05, 3.63) is 75.9 Å². The molecule has 1 aromatic carbocycles. The first-order valence-corrected chi connectivity index (χ1v) is 14.4. The van der Waals surface area contributed by atoms with Gasteiger partial charge < -0.3 is 24.6 Å². The molecule has 2 aliphatic rings. The maximum absolute atomic E-state index is 13.9. The lowest BCUT2D eigenvalue weighted by atomic mass is 9.97. The summed E-state index contributed by atoms with van der Waals surface area (Å²) < 4.78 is 10.6. The average Bonchev–Trinajstić information content (AvgIpc) is 3.38. The molecule has 222 valence electrons. The second-order valence-corrected chi connectivity index (χ2v) is 11.7. The van der Waals surface area contributed by atoms with Gasteiger partial charge >= 0.3 is 5.97 Å². The fraction of sp³-hybridized carbons (Fsp3) is 0.469. The summed E-state index contributed by atoms with van der Waals surface area (Å²) in [5.41, 5.74) is 4.93. The Morgan fingerprint density at radius 2 is 1.88 bits per heavy atom. The molecule has 3 aromatic rings. The van der Waals surface area contributed by atoms with Crippen molar-refractivity contribution in [2.24, 2.45) is 0 Å². The van der Waals surface area contributed by atoms with E-state index in [4.69, 9.17) is 24.4 Å². The fourth-order valence-corrected chi connectivity index (χ4v) is 6.13. The van der Waals surface area contributed by atoms with E-state index < -0.39 is 11.5 Å². The molecule has 0 saturated carbocycles. The molecule has 0 spiro atoms. The SMILES string of the molecule is COC(=O)c1c(C)cc(N2CCN(C(=O)c3cnc(N[C@@H]4CCc5ccccc54)c([C@@H](C)OC)n3)C(C)(C)C2)nc1C. The first-order valence-electron chi connectivity index (χ1n) is 14.4. The summed E-state index contributed by atoms with van der Waals surface area (Å²) in [4.78, 5) is 44.3. The van der Waals surface area contributed by atoms with E-state index in [2.05, 4.69) is 34.5 Å². The van der Waals surface area contributed by atoms with Gasteiger partial charge in [-0.25, -0.2) is 19.7 Å². The smallest absolute Gasteiger partial charge is 0.339 e. The molecule has 5 rings (SSSR count). The fourth-order valence-electron chi connectivity index (χ4n) is 6.13. The Morgan fingerprint density at radius 1 is 1.12 bits per heavy atom. The molecule has 1 aliphatic heterocycles. The number of aromatic nitrogens is 3. The highest BCUT2D eigenvalue weighted by Gasteiger charge is 2.39. The number of methoxy groups -OCH3 is 2. The maximum atomic E-state index is 13.9. The third-order valence-electron chi connectivity index (χ3n) is 8.45. The quantitative estimate of drug-likeness (QED) is 0.398. The third kappa shape index (κ3) is 5.55. The van der Waals surface area contributed by atoms with Gasteiger partial charge in [0.2, 0.25) is 0 Å². The van der Waals surface area contributed by atoms with Crippen LogP contribution in [0.5, 0.6) is 0 Å². The number of anilines is 2. The van der Waals surface area contributed by atoms with Crippen molar-refractivity contribution in [1.29, 1.82) is 0 Å². The van der Waals surface area contributed by atoms with Gasteiger partial charge in [0.05, 0.1) is 36.1 Å². The molecule has 1 aliphatic carbocycles. The summed E-state index contributed by atoms with van der Waals surface area (Å²) in [5, 5.41) is 3.57. The highest BCUT2D eigenvalue weighted by molar-refractivity contribution is 5.93. The summed E-state index contributed by atoms with van der Waals surface area (Å²) >= 11 is 0. The molecule has 10 heteroatoms. The van der Waals surface area contributed by atoms with Crippen molar-refractivity contribution in [3.63, 3.8) is 0 Å². The van der Waals surface area contributed by atoms with Gasteiger partial charge in [-0.2, -0.15) is 0 Å². The van der Waals surface area contributed by atoms with Gasteiger partial charge in [-0.3, -0.25) is 4.79 Å². The largest absolute Gasteiger partial charge is 0.465 e. The van der Waals surface area contributed by atoms with Gasteiger partial charge in [-0.15, -0.1) is 0 Å². The van der Waals surface area contributed by atoms with Crippen molar-refractivity contribution < 1.29 is 19.1 Å². The monoisotopic (exact) mass is 572 g/mol. The maximum Gasteiger partial charge on any atom is 0.339 e. The summed E-state index contributed by atoms with van der Waals surface area (Å²) in [5.74, 6) is 0.852. The number of pyridine rings is 1. The zero-order valence-corrected chi connectivity index (χ0v) is 25.5. The first-order chi connectivity index (χ1) is 20.0. The summed E-state index contributed by atoms with van der Waals surface area (Å²) in [6.07, 6.45) is 3.21. The highest BCUT2D eigenvalue weighted by Crippen LogP contribution is 2.35. The van der Waals surface area contributed by atoms with Crippen LogP contribution in [0.3, 0.4) is 0 Å². The molecule has 0 unspecified atom stereocenters. The molecule has 1 N–H and O–H groups in total. The number of fused-ring (bicyclic) bond motifs is 1. The number of esters is 1. The summed E-state index contributed by atoms with van der Waals surface area (Å²) in [6.45, 7) is 11.3. The first kappa shape index (κ1) is 29.4. The molecule has 42 heavy (non-hydrogen) atoms. The van der Waals surface area contributed by atoms with E-state index in [-0.39, 0.29) is 18.1 Å². The molecule has 0 radical (unpaired) electrons. The van der Waals surface area contributed by atoms with Gasteiger partial charge in [0.1, 0.15) is 23.3 Å². The number of aryl methyl sites for hydroxylation is 3. The van der Waals surface area contributed by atoms with Crippen LogP contribution in [-0.4, -0.2) is 71.1 Å². The average molecular weight is 573 g/mol. The molecule has 2 aromatic heterocycles. The predicted molar refractivity (Wildman–Crippen MR) is 161 cm³/mol. The van der Waals surface area contributed by atoms with Crippen LogP contribution in [-0.2, 0) is 15.9 Å². The van der Waals surface area contributed by atoms with Crippen LogP contribution in [0.25, 0.3) is 0 Å². The van der Waals surface area contributed by atoms with Gasteiger partial charge in [0, 0.05) is 26.7 Å². The second kappa shape index (κ2) is 11.7. The number of hydrogen-bond donors (Lipinski definition) is 1. The van der Waals surface area contributed by atoms with Crippen LogP contribution in [0, 0.1) is 13.8 Å². The number of nitrogens with zero attached hydrogens (tertiary/aromatic N) is 5. The number of rotatable bonds is 7. The molecule has 1 amide bonds. The number of amides is 1. The van der Waals surface area contributed by atoms with Crippen molar-refractivity contribution in [2.45, 2.75) is 65.1 Å². The Bertz CT molecular complexity index is 1480. The highest BCUT2D eigenvalue weighted by atomic mass is 16.5. The van der Waals surface area contributed by atoms with E-state index in [1.54, 1.807) is 13.3 Å². The minimum absolute atomic E-state index is 0.134. The third-order valence-corrected chi connectivity index (χ3v) is 8.45. The zero-order chi connectivity index (χ0) is 30.2. The van der Waals surface area contributed by atoms with Gasteiger partial charge in [-0.1, -0.05) is 24.3 Å². The Balaban J connectivity index is 1.36. The Hall–Kier alpha value is -4.05. The zero-order valence-electron chi connectivity index (χ0n) is 25.5. The standard InChI is InChI=1S/C32H40N6O4/c1-19-16-26(34-20(2)27(19)31(40)42-7)37-14-15-38(32(4,5)18-37)30(39)25-17-33-29(28(35-25)21(3)41-6)36-24-13-12-22-10-8-9-11-23(22)24/h8-11,16-17,21,24H,12-15,18H2,1-7H3,(H,33,36)/t21-,24-/m1/s1. The molecule has 1 fully saturated rings. The molecule has 1 saturated heterocycles. The lowest BCUT2D eigenvalue weighted by Gasteiger charge is -2.47. The molecule has 2 atom stereocenters. The lowest BCUT2D eigenvalue weighted by molar-refractivity contribution is 0.0504. The van der Waals surface area contributed by atoms with Gasteiger partial charge in [-0.05, 0) is 70.2 Å². The number of piperazine rings is 1. The topological polar surface area (TPSA) is 110 Å². The van der Waals surface area contributed by atoms with Crippen LogP contribution in [0.2, 0.25) is 0 Å². The van der Waals surface area contributed by atoms with E-state index in [0.29, 0.717) is 48.1 Å². The van der Waals surface area contributed by atoms with E-state index in [9.17, 15) is 9.59 Å². The van der Waals surface area contributed by atoms with Crippen molar-refractivity contribution >= 4 is 23.5 Å². The van der Waals surface area contributed by atoms with Crippen LogP contribution < -0.4 is 10.2 Å². The molecule has 3 heterocycles. The van der Waals surface area contributed by atoms with E-state index in [1.165, 1.54) is 18.2 Å². The molecular weight excluding hydrogens is 532 g/mol. The van der Waals surface area contributed by atoms with E-state index >= 15 is 0 Å². The summed E-state index contributed by atoms with van der Waals surface area (Å²) in [7, 11) is 3.00. The Kier molecular flexibility index (Phi) is 8.19. The summed E-state index contributed by atoms with van der Waals surface area (Å²) in [6, 6.07) is 10.5. The van der Waals surface area contributed by atoms with Gasteiger partial charge in [0.15, 0.2) is 5.82 Å². The minimum Gasteiger partial charge on any atom is -0.465 e. The van der Waals surface area contributed by atoms with Crippen LogP contribution >= 0.6 is 0 Å². The van der Waals surface area contributed by atoms with Crippen molar-refractivity contribution in [1.82, 2.24) is 19.9 Å². The van der Waals surface area contributed by atoms with Crippen LogP contribution in [0.4, 0.5) is 11.6 Å². The minimum atomic E-state index is -0.515. The Labute approximate surface area is 247 Å². The predicted octanol–water partition coefficient (Wildman–Crippen LogP) is 4.82. The normalized spacial score (nSPS) is 18.4. The number of hydrogen-bond acceptors (Lipinski definition) is 9. The Morgan fingerprint density at radius 3 is 2.57 bits per heavy atom. The number of carbonyl (C=O) groups is 2. The molecule has 10 nitrogen and oxygen atoms in total. The number of benzene rings is 1. The number of nitrogens with one attached hydrogen (secondary N) is 1. The number of ether oxygens (including phenoxy) is 2. The number of carbonyl (C=O) groups excluding carboxylic acids is 2. The molecule has 0 bridgehead atoms. The van der Waals surface area contributed by atoms with Crippen LogP contribution in [0.1, 0.15) is 88.3 Å². The van der Waals surface area contributed by atoms with Crippen molar-refractivity contribution in [3.8, 4) is 0 Å². The lowest BCUT2D eigenvalue weighted by Crippen LogP contribution is -2.61. The van der Waals surface area contributed by atoms with Crippen molar-refractivity contribution in [2.75, 3.05) is 44.1 Å².